The molecule has 0 bridgehead atoms. The van der Waals surface area contributed by atoms with Gasteiger partial charge < -0.3 is 14.5 Å². The summed E-state index contributed by atoms with van der Waals surface area (Å²) in [5.41, 5.74) is 8.72. The number of methoxy groups -OCH3 is 1. The van der Waals surface area contributed by atoms with Gasteiger partial charge in [-0.05, 0) is 55.9 Å². The number of benzene rings is 1. The number of nitriles is 2. The Hall–Kier alpha value is -3.57. The van der Waals surface area contributed by atoms with Crippen LogP contribution in [0.15, 0.2) is 48.3 Å². The molecule has 5 rings (SSSR count). The molecule has 1 aromatic heterocycles. The minimum absolute atomic E-state index is 0.245. The molecule has 184 valence electrons. The van der Waals surface area contributed by atoms with Crippen molar-refractivity contribution in [2.24, 2.45) is 0 Å². The Kier molecular flexibility index (Phi) is 6.59. The number of nitrogens with zero attached hydrogens (tertiary/aromatic N) is 5. The van der Waals surface area contributed by atoms with Crippen molar-refractivity contribution in [1.29, 1.82) is 10.5 Å². The predicted octanol–water partition coefficient (Wildman–Crippen LogP) is 5.27. The maximum absolute atomic E-state index is 10.1. The second-order valence-electron chi connectivity index (χ2n) is 10.3. The number of rotatable bonds is 8. The van der Waals surface area contributed by atoms with E-state index >= 15 is 0 Å². The highest BCUT2D eigenvalue weighted by Crippen LogP contribution is 2.49. The molecule has 2 saturated carbocycles. The van der Waals surface area contributed by atoms with E-state index in [1.807, 2.05) is 12.1 Å². The van der Waals surface area contributed by atoms with Gasteiger partial charge in [0, 0.05) is 50.7 Å². The molecule has 0 N–H and O–H groups in total. The monoisotopic (exact) mass is 479 g/mol. The van der Waals surface area contributed by atoms with Crippen LogP contribution in [0.4, 0.5) is 5.82 Å². The molecule has 0 amide bonds. The minimum atomic E-state index is -0.334. The van der Waals surface area contributed by atoms with Gasteiger partial charge in [-0.15, -0.1) is 5.73 Å². The summed E-state index contributed by atoms with van der Waals surface area (Å²) in [6.45, 7) is 9.13. The molecule has 2 heterocycles. The number of ether oxygens (including phenoxy) is 1. The van der Waals surface area contributed by atoms with E-state index in [1.54, 1.807) is 7.11 Å². The van der Waals surface area contributed by atoms with Crippen LogP contribution in [0.1, 0.15) is 61.8 Å². The Morgan fingerprint density at radius 3 is 2.64 bits per heavy atom. The van der Waals surface area contributed by atoms with Gasteiger partial charge in [-0.3, -0.25) is 0 Å². The zero-order valence-electron chi connectivity index (χ0n) is 21.3. The summed E-state index contributed by atoms with van der Waals surface area (Å²) in [4.78, 5) is 9.78. The van der Waals surface area contributed by atoms with Crippen LogP contribution in [0.25, 0.3) is 11.1 Å². The maximum atomic E-state index is 10.1. The fraction of sp³-hybridized carbons (Fsp3) is 0.467. The molecular formula is C30H33N5O. The van der Waals surface area contributed by atoms with Gasteiger partial charge in [-0.2, -0.15) is 10.5 Å². The quantitative estimate of drug-likeness (QED) is 0.480. The fourth-order valence-corrected chi connectivity index (χ4v) is 5.40. The molecule has 1 saturated heterocycles. The Morgan fingerprint density at radius 1 is 1.22 bits per heavy atom. The normalized spacial score (nSPS) is 20.3. The van der Waals surface area contributed by atoms with Crippen LogP contribution in [-0.2, 0) is 10.2 Å². The second kappa shape index (κ2) is 9.82. The van der Waals surface area contributed by atoms with Crippen LogP contribution >= 0.6 is 0 Å². The molecule has 1 unspecified atom stereocenters. The lowest BCUT2D eigenvalue weighted by Gasteiger charge is -2.42. The number of pyridine rings is 1. The first-order valence-corrected chi connectivity index (χ1v) is 12.9. The van der Waals surface area contributed by atoms with Crippen molar-refractivity contribution in [2.45, 2.75) is 56.4 Å². The van der Waals surface area contributed by atoms with Crippen LogP contribution < -0.4 is 4.90 Å². The molecule has 1 aliphatic heterocycles. The largest absolute Gasteiger partial charge is 0.384 e. The van der Waals surface area contributed by atoms with E-state index in [1.165, 1.54) is 0 Å². The van der Waals surface area contributed by atoms with E-state index < -0.39 is 0 Å². The van der Waals surface area contributed by atoms with Crippen molar-refractivity contribution < 1.29 is 4.74 Å². The third-order valence-electron chi connectivity index (χ3n) is 7.83. The van der Waals surface area contributed by atoms with Gasteiger partial charge in [0.25, 0.3) is 0 Å². The van der Waals surface area contributed by atoms with Gasteiger partial charge in [0.2, 0.25) is 0 Å². The molecule has 3 aliphatic rings. The SMILES string of the molecule is C=C=C(CCOC)N1CCN(c2nc(C3CC3)c(-c3cccc(C4(C#N)CC4)c3)cc2C#N)CC1C. The van der Waals surface area contributed by atoms with Crippen molar-refractivity contribution in [3.8, 4) is 23.3 Å². The van der Waals surface area contributed by atoms with Crippen molar-refractivity contribution in [1.82, 2.24) is 9.88 Å². The van der Waals surface area contributed by atoms with Gasteiger partial charge >= 0.3 is 0 Å². The molecule has 0 spiro atoms. The highest BCUT2D eigenvalue weighted by molar-refractivity contribution is 5.73. The highest BCUT2D eigenvalue weighted by Gasteiger charge is 2.45. The van der Waals surface area contributed by atoms with E-state index in [9.17, 15) is 10.5 Å². The molecule has 2 aromatic rings. The Labute approximate surface area is 214 Å². The molecule has 36 heavy (non-hydrogen) atoms. The fourth-order valence-electron chi connectivity index (χ4n) is 5.40. The zero-order valence-corrected chi connectivity index (χ0v) is 21.3. The average molecular weight is 480 g/mol. The summed E-state index contributed by atoms with van der Waals surface area (Å²) in [5.74, 6) is 1.23. The van der Waals surface area contributed by atoms with E-state index in [-0.39, 0.29) is 11.5 Å². The number of anilines is 1. The number of hydrogen-bond donors (Lipinski definition) is 0. The Bertz CT molecular complexity index is 1290. The summed E-state index contributed by atoms with van der Waals surface area (Å²) < 4.78 is 5.26. The van der Waals surface area contributed by atoms with Crippen LogP contribution in [-0.4, -0.2) is 49.3 Å². The van der Waals surface area contributed by atoms with Crippen LogP contribution in [0.5, 0.6) is 0 Å². The zero-order chi connectivity index (χ0) is 25.3. The first kappa shape index (κ1) is 24.1. The third kappa shape index (κ3) is 4.51. The van der Waals surface area contributed by atoms with Crippen molar-refractivity contribution >= 4 is 5.82 Å². The van der Waals surface area contributed by atoms with E-state index in [0.717, 1.165) is 85.6 Å². The number of hydrogen-bond acceptors (Lipinski definition) is 6. The molecular weight excluding hydrogens is 446 g/mol. The smallest absolute Gasteiger partial charge is 0.147 e. The molecule has 1 aromatic carbocycles. The van der Waals surface area contributed by atoms with Gasteiger partial charge in [0.05, 0.1) is 35.0 Å². The first-order valence-electron chi connectivity index (χ1n) is 12.9. The minimum Gasteiger partial charge on any atom is -0.384 e. The Balaban J connectivity index is 1.46. The summed E-state index contributed by atoms with van der Waals surface area (Å²) in [5, 5.41) is 19.8. The summed E-state index contributed by atoms with van der Waals surface area (Å²) in [6.07, 6.45) is 4.89. The van der Waals surface area contributed by atoms with E-state index in [2.05, 4.69) is 59.4 Å². The molecule has 6 nitrogen and oxygen atoms in total. The van der Waals surface area contributed by atoms with Gasteiger partial charge in [0.15, 0.2) is 0 Å². The van der Waals surface area contributed by atoms with E-state index in [4.69, 9.17) is 9.72 Å². The number of piperazine rings is 1. The topological polar surface area (TPSA) is 76.2 Å². The van der Waals surface area contributed by atoms with Gasteiger partial charge in [-0.25, -0.2) is 4.98 Å². The van der Waals surface area contributed by atoms with Crippen LogP contribution in [0.2, 0.25) is 0 Å². The highest BCUT2D eigenvalue weighted by atomic mass is 16.5. The first-order chi connectivity index (χ1) is 17.5. The summed E-state index contributed by atoms with van der Waals surface area (Å²) >= 11 is 0. The predicted molar refractivity (Wildman–Crippen MR) is 140 cm³/mol. The van der Waals surface area contributed by atoms with Crippen LogP contribution in [0.3, 0.4) is 0 Å². The molecule has 1 atom stereocenters. The number of aromatic nitrogens is 1. The lowest BCUT2D eigenvalue weighted by atomic mass is 9.92. The molecule has 6 heteroatoms. The third-order valence-corrected chi connectivity index (χ3v) is 7.83. The van der Waals surface area contributed by atoms with Crippen molar-refractivity contribution in [3.05, 3.63) is 65.2 Å². The van der Waals surface area contributed by atoms with E-state index in [0.29, 0.717) is 18.1 Å². The van der Waals surface area contributed by atoms with Gasteiger partial charge in [0.1, 0.15) is 11.9 Å². The average Bonchev–Trinajstić information content (AvgIpc) is 3.83. The summed E-state index contributed by atoms with van der Waals surface area (Å²) in [7, 11) is 1.71. The second-order valence-corrected chi connectivity index (χ2v) is 10.3. The van der Waals surface area contributed by atoms with Crippen molar-refractivity contribution in [3.63, 3.8) is 0 Å². The molecule has 3 fully saturated rings. The lowest BCUT2D eigenvalue weighted by molar-refractivity contribution is 0.177. The lowest BCUT2D eigenvalue weighted by Crippen LogP contribution is -2.51. The summed E-state index contributed by atoms with van der Waals surface area (Å²) in [6, 6.07) is 15.5. The molecule has 0 radical (unpaired) electrons. The maximum Gasteiger partial charge on any atom is 0.147 e. The van der Waals surface area contributed by atoms with Crippen molar-refractivity contribution in [2.75, 3.05) is 38.3 Å². The molecule has 2 aliphatic carbocycles. The van der Waals surface area contributed by atoms with Crippen LogP contribution in [0, 0.1) is 22.7 Å². The van der Waals surface area contributed by atoms with Gasteiger partial charge in [-0.1, -0.05) is 24.8 Å². The standard InChI is InChI=1S/C30H33N5O/c1-4-26(10-15-36-3)35-14-13-34(19-21(35)2)29-24(18-31)17-27(28(33-29)22-8-9-22)23-6-5-7-25(16-23)30(20-32)11-12-30/h5-7,16-17,21-22H,1,8-15,19H2,2-3H3. The Morgan fingerprint density at radius 2 is 2.03 bits per heavy atom.